The van der Waals surface area contributed by atoms with E-state index in [1.165, 1.54) is 7.11 Å². The van der Waals surface area contributed by atoms with Crippen molar-refractivity contribution in [1.29, 1.82) is 0 Å². The summed E-state index contributed by atoms with van der Waals surface area (Å²) in [6.45, 7) is -0.878. The van der Waals surface area contributed by atoms with Crippen LogP contribution in [-0.2, 0) is 9.47 Å². The van der Waals surface area contributed by atoms with Crippen molar-refractivity contribution in [3.8, 4) is 0 Å². The fourth-order valence-corrected chi connectivity index (χ4v) is 2.25. The Balaban J connectivity index is 2.45. The Labute approximate surface area is 132 Å². The van der Waals surface area contributed by atoms with Gasteiger partial charge in [0.1, 0.15) is 12.2 Å². The van der Waals surface area contributed by atoms with E-state index in [0.29, 0.717) is 0 Å². The molecule has 0 saturated carbocycles. The van der Waals surface area contributed by atoms with Gasteiger partial charge >= 0.3 is 0 Å². The molecule has 1 heterocycles. The van der Waals surface area contributed by atoms with Crippen LogP contribution >= 0.6 is 0 Å². The first-order chi connectivity index (χ1) is 11.3. The molecule has 0 saturated heterocycles. The molecule has 1 aromatic carbocycles. The lowest BCUT2D eigenvalue weighted by atomic mass is 10.0. The van der Waals surface area contributed by atoms with Gasteiger partial charge in [0.05, 0.1) is 12.1 Å². The van der Waals surface area contributed by atoms with Gasteiger partial charge in [0, 0.05) is 13.5 Å². The fourth-order valence-electron chi connectivity index (χ4n) is 2.25. The smallest absolute Gasteiger partial charge is 0.225 e. The summed E-state index contributed by atoms with van der Waals surface area (Å²) in [4.78, 5) is 3.72. The van der Waals surface area contributed by atoms with Crippen LogP contribution < -0.4 is 0 Å². The molecular weight excluding hydrogens is 344 g/mol. The van der Waals surface area contributed by atoms with Crippen LogP contribution in [0.3, 0.4) is 0 Å². The number of nitrogens with zero attached hydrogens (tertiary/aromatic N) is 1. The van der Waals surface area contributed by atoms with Gasteiger partial charge in [0.25, 0.3) is 0 Å². The number of aliphatic hydroxyl groups is 1. The summed E-state index contributed by atoms with van der Waals surface area (Å²) in [5, 5.41) is 9.60. The average molecular weight is 357 g/mol. The minimum atomic E-state index is -2.32. The summed E-state index contributed by atoms with van der Waals surface area (Å²) in [5.41, 5.74) is -1.38. The van der Waals surface area contributed by atoms with E-state index >= 15 is 0 Å². The largest absolute Gasteiger partial charge is 0.448 e. The van der Waals surface area contributed by atoms with Gasteiger partial charge in [-0.25, -0.2) is 31.3 Å². The number of halogens is 6. The first kappa shape index (κ1) is 18.5. The Morgan fingerprint density at radius 3 is 2.17 bits per heavy atom. The Bertz CT molecular complexity index is 621. The lowest BCUT2D eigenvalue weighted by molar-refractivity contribution is -0.0514. The van der Waals surface area contributed by atoms with Gasteiger partial charge in [-0.15, -0.1) is 0 Å². The highest BCUT2D eigenvalue weighted by Gasteiger charge is 2.34. The highest BCUT2D eigenvalue weighted by Crippen LogP contribution is 2.27. The minimum absolute atomic E-state index is 0.0771. The number of hydrogen-bond acceptors (Lipinski definition) is 4. The van der Waals surface area contributed by atoms with E-state index in [0.717, 1.165) is 0 Å². The number of benzene rings is 1. The Morgan fingerprint density at radius 1 is 1.12 bits per heavy atom. The number of alkyl halides is 1. The van der Waals surface area contributed by atoms with E-state index in [4.69, 9.17) is 9.47 Å². The molecule has 24 heavy (non-hydrogen) atoms. The third-order valence-corrected chi connectivity index (χ3v) is 3.49. The normalized spacial score (nSPS) is 22.1. The zero-order valence-corrected chi connectivity index (χ0v) is 12.3. The van der Waals surface area contributed by atoms with Crippen LogP contribution in [0, 0.1) is 29.1 Å². The van der Waals surface area contributed by atoms with Gasteiger partial charge < -0.3 is 14.6 Å². The van der Waals surface area contributed by atoms with Gasteiger partial charge in [-0.1, -0.05) is 0 Å². The summed E-state index contributed by atoms with van der Waals surface area (Å²) in [7, 11) is 1.23. The van der Waals surface area contributed by atoms with Crippen molar-refractivity contribution in [2.75, 3.05) is 13.8 Å². The molecule has 1 N–H and O–H groups in total. The Kier molecular flexibility index (Phi) is 5.70. The second-order valence-corrected chi connectivity index (χ2v) is 5.09. The van der Waals surface area contributed by atoms with Crippen molar-refractivity contribution < 1.29 is 40.9 Å². The molecule has 0 fully saturated rings. The maximum Gasteiger partial charge on any atom is 0.225 e. The zero-order valence-electron chi connectivity index (χ0n) is 12.3. The number of aliphatic imine (C=N–C) groups is 1. The summed E-state index contributed by atoms with van der Waals surface area (Å²) in [6.07, 6.45) is -2.73. The predicted molar refractivity (Wildman–Crippen MR) is 69.7 cm³/mol. The zero-order chi connectivity index (χ0) is 18.0. The van der Waals surface area contributed by atoms with Crippen LogP contribution in [-0.4, -0.2) is 43.2 Å². The molecule has 0 aromatic heterocycles. The molecule has 0 bridgehead atoms. The van der Waals surface area contributed by atoms with Crippen LogP contribution in [0.25, 0.3) is 0 Å². The molecule has 3 atom stereocenters. The molecule has 0 spiro atoms. The maximum absolute atomic E-state index is 13.8. The molecule has 4 nitrogen and oxygen atoms in total. The average Bonchev–Trinajstić information content (AvgIpc) is 2.56. The van der Waals surface area contributed by atoms with Crippen LogP contribution in [0.4, 0.5) is 26.3 Å². The van der Waals surface area contributed by atoms with E-state index in [-0.39, 0.29) is 12.8 Å². The summed E-state index contributed by atoms with van der Waals surface area (Å²) < 4.78 is 89.4. The van der Waals surface area contributed by atoms with Crippen molar-refractivity contribution in [3.05, 3.63) is 34.6 Å². The number of rotatable bonds is 5. The monoisotopic (exact) mass is 357 g/mol. The van der Waals surface area contributed by atoms with E-state index in [1.807, 2.05) is 0 Å². The van der Waals surface area contributed by atoms with Crippen molar-refractivity contribution >= 4 is 5.90 Å². The second-order valence-electron chi connectivity index (χ2n) is 5.09. The summed E-state index contributed by atoms with van der Waals surface area (Å²) in [6, 6.07) is -0.889. The number of hydrogen-bond donors (Lipinski definition) is 1. The SMILES string of the molecule is COC(CF)CC1CC(O)OC(c2c(F)c(F)c(F)c(F)c2F)=N1. The molecule has 10 heteroatoms. The van der Waals surface area contributed by atoms with Crippen molar-refractivity contribution in [2.45, 2.75) is 31.3 Å². The molecule has 0 aliphatic carbocycles. The number of aliphatic hydroxyl groups excluding tert-OH is 1. The van der Waals surface area contributed by atoms with Gasteiger partial charge in [-0.2, -0.15) is 0 Å². The number of methoxy groups -OCH3 is 1. The maximum atomic E-state index is 13.8. The van der Waals surface area contributed by atoms with Gasteiger partial charge in [0.15, 0.2) is 23.3 Å². The van der Waals surface area contributed by atoms with Crippen molar-refractivity contribution in [1.82, 2.24) is 0 Å². The Morgan fingerprint density at radius 2 is 1.67 bits per heavy atom. The van der Waals surface area contributed by atoms with Crippen molar-refractivity contribution in [2.24, 2.45) is 4.99 Å². The molecule has 0 amide bonds. The van der Waals surface area contributed by atoms with Crippen LogP contribution in [0.5, 0.6) is 0 Å². The molecule has 0 radical (unpaired) electrons. The third kappa shape index (κ3) is 3.48. The lowest BCUT2D eigenvalue weighted by Gasteiger charge is -2.27. The standard InChI is InChI=1S/C14H13F6NO3/c1-23-6(4-15)2-5-3-7(22)24-14(21-5)8-9(16)11(18)13(20)12(19)10(8)17/h5-7,22H,2-4H2,1H3. The third-order valence-electron chi connectivity index (χ3n) is 3.49. The van der Waals surface area contributed by atoms with Crippen LogP contribution in [0.15, 0.2) is 4.99 Å². The van der Waals surface area contributed by atoms with Crippen LogP contribution in [0.1, 0.15) is 18.4 Å². The molecular formula is C14H13F6NO3. The van der Waals surface area contributed by atoms with Gasteiger partial charge in [0.2, 0.25) is 18.0 Å². The highest BCUT2D eigenvalue weighted by molar-refractivity contribution is 5.95. The first-order valence-corrected chi connectivity index (χ1v) is 6.83. The first-order valence-electron chi connectivity index (χ1n) is 6.83. The van der Waals surface area contributed by atoms with E-state index in [9.17, 15) is 31.4 Å². The van der Waals surface area contributed by atoms with Crippen molar-refractivity contribution in [3.63, 3.8) is 0 Å². The van der Waals surface area contributed by atoms with E-state index in [1.54, 1.807) is 0 Å². The molecule has 2 rings (SSSR count). The topological polar surface area (TPSA) is 51.0 Å². The summed E-state index contributed by atoms with van der Waals surface area (Å²) in [5.74, 6) is -11.9. The highest BCUT2D eigenvalue weighted by atomic mass is 19.2. The molecule has 134 valence electrons. The summed E-state index contributed by atoms with van der Waals surface area (Å²) >= 11 is 0. The van der Waals surface area contributed by atoms with E-state index < -0.39 is 65.7 Å². The minimum Gasteiger partial charge on any atom is -0.448 e. The molecule has 1 aliphatic heterocycles. The van der Waals surface area contributed by atoms with Gasteiger partial charge in [-0.3, -0.25) is 0 Å². The molecule has 3 unspecified atom stereocenters. The Hall–Kier alpha value is -1.81. The predicted octanol–water partition coefficient (Wildman–Crippen LogP) is 2.61. The molecule has 1 aliphatic rings. The van der Waals surface area contributed by atoms with Gasteiger partial charge in [-0.05, 0) is 6.42 Å². The fraction of sp³-hybridized carbons (Fsp3) is 0.500. The number of ether oxygens (including phenoxy) is 2. The quantitative estimate of drug-likeness (QED) is 0.501. The second kappa shape index (κ2) is 7.39. The lowest BCUT2D eigenvalue weighted by Crippen LogP contribution is -2.34. The molecule has 1 aromatic rings. The van der Waals surface area contributed by atoms with Crippen LogP contribution in [0.2, 0.25) is 0 Å². The van der Waals surface area contributed by atoms with E-state index in [2.05, 4.69) is 4.99 Å².